The van der Waals surface area contributed by atoms with Gasteiger partial charge in [-0.1, -0.05) is 38.3 Å². The number of likely N-dealkylation sites (tertiary alicyclic amines) is 1. The van der Waals surface area contributed by atoms with Gasteiger partial charge in [-0.2, -0.15) is 0 Å². The van der Waals surface area contributed by atoms with Crippen LogP contribution in [0, 0.1) is 0 Å². The zero-order valence-corrected chi connectivity index (χ0v) is 20.2. The van der Waals surface area contributed by atoms with Crippen LogP contribution in [0.2, 0.25) is 0 Å². The number of hydrogen-bond acceptors (Lipinski definition) is 6. The normalized spacial score (nSPS) is 24.2. The van der Waals surface area contributed by atoms with Crippen molar-refractivity contribution in [2.24, 2.45) is 0 Å². The van der Waals surface area contributed by atoms with Crippen LogP contribution >= 0.6 is 0 Å². The molecule has 0 bridgehead atoms. The zero-order valence-electron chi connectivity index (χ0n) is 20.2. The molecule has 34 heavy (non-hydrogen) atoms. The third kappa shape index (κ3) is 4.68. The number of carbonyl (C=O) groups is 1. The molecule has 1 aromatic heterocycles. The van der Waals surface area contributed by atoms with Gasteiger partial charge in [-0.05, 0) is 55.9 Å². The predicted molar refractivity (Wildman–Crippen MR) is 131 cm³/mol. The van der Waals surface area contributed by atoms with Gasteiger partial charge >= 0.3 is 0 Å². The van der Waals surface area contributed by atoms with Crippen molar-refractivity contribution in [3.63, 3.8) is 0 Å². The first-order valence-corrected chi connectivity index (χ1v) is 12.8. The molecule has 1 unspecified atom stereocenters. The highest BCUT2D eigenvalue weighted by Crippen LogP contribution is 2.37. The summed E-state index contributed by atoms with van der Waals surface area (Å²) in [4.78, 5) is 26.3. The highest BCUT2D eigenvalue weighted by Gasteiger charge is 2.44. The summed E-state index contributed by atoms with van der Waals surface area (Å²) < 4.78 is 6.58. The second kappa shape index (κ2) is 9.62. The summed E-state index contributed by atoms with van der Waals surface area (Å²) >= 11 is 0. The molecule has 1 saturated carbocycles. The molecule has 3 aliphatic rings. The summed E-state index contributed by atoms with van der Waals surface area (Å²) in [6.45, 7) is 5.04. The highest BCUT2D eigenvalue weighted by molar-refractivity contribution is 5.94. The van der Waals surface area contributed by atoms with Crippen LogP contribution in [0.5, 0.6) is 0 Å². The number of ether oxygens (including phenoxy) is 1. The lowest BCUT2D eigenvalue weighted by Gasteiger charge is -2.50. The molecule has 3 fully saturated rings. The number of aromatic nitrogens is 2. The van der Waals surface area contributed by atoms with Crippen molar-refractivity contribution in [1.82, 2.24) is 14.9 Å². The average Bonchev–Trinajstić information content (AvgIpc) is 2.89. The minimum atomic E-state index is -0.736. The number of amides is 1. The molecule has 1 spiro atoms. The molecular weight excluding hydrogens is 428 g/mol. The molecule has 3 heterocycles. The number of rotatable bonds is 4. The third-order valence-corrected chi connectivity index (χ3v) is 7.92. The zero-order chi connectivity index (χ0) is 23.6. The van der Waals surface area contributed by atoms with Crippen molar-refractivity contribution in [3.05, 3.63) is 53.9 Å². The topological polar surface area (TPSA) is 78.8 Å². The van der Waals surface area contributed by atoms with Crippen LogP contribution in [-0.4, -0.2) is 63.8 Å². The number of carbonyl (C=O) groups excluding carboxylic acids is 1. The van der Waals surface area contributed by atoms with E-state index in [4.69, 9.17) is 4.74 Å². The lowest BCUT2D eigenvalue weighted by atomic mass is 9.79. The van der Waals surface area contributed by atoms with Crippen LogP contribution in [0.15, 0.2) is 42.7 Å². The molecule has 2 aromatic rings. The van der Waals surface area contributed by atoms with Crippen molar-refractivity contribution in [3.8, 4) is 0 Å². The van der Waals surface area contributed by atoms with E-state index >= 15 is 0 Å². The van der Waals surface area contributed by atoms with Gasteiger partial charge in [0.2, 0.25) is 5.95 Å². The van der Waals surface area contributed by atoms with E-state index < -0.39 is 5.60 Å². The van der Waals surface area contributed by atoms with Crippen molar-refractivity contribution >= 4 is 11.9 Å². The predicted octanol–water partition coefficient (Wildman–Crippen LogP) is 3.92. The van der Waals surface area contributed by atoms with Gasteiger partial charge < -0.3 is 19.6 Å². The number of morpholine rings is 1. The molecule has 7 heteroatoms. The lowest BCUT2D eigenvalue weighted by Crippen LogP contribution is -2.60. The molecule has 1 aromatic carbocycles. The second-order valence-electron chi connectivity index (χ2n) is 10.2. The Morgan fingerprint density at radius 2 is 1.74 bits per heavy atom. The van der Waals surface area contributed by atoms with E-state index in [0.29, 0.717) is 18.7 Å². The van der Waals surface area contributed by atoms with E-state index in [1.165, 1.54) is 6.42 Å². The number of anilines is 1. The van der Waals surface area contributed by atoms with E-state index in [1.54, 1.807) is 12.4 Å². The molecule has 182 valence electrons. The summed E-state index contributed by atoms with van der Waals surface area (Å²) in [5, 5.41) is 11.0. The fraction of sp³-hybridized carbons (Fsp3) is 0.593. The third-order valence-electron chi connectivity index (χ3n) is 7.92. The van der Waals surface area contributed by atoms with E-state index in [1.807, 2.05) is 35.2 Å². The number of hydrogen-bond donors (Lipinski definition) is 1. The van der Waals surface area contributed by atoms with E-state index in [0.717, 1.165) is 69.5 Å². The number of piperidine rings is 1. The van der Waals surface area contributed by atoms with Gasteiger partial charge in [0.15, 0.2) is 0 Å². The molecule has 2 saturated heterocycles. The molecule has 7 nitrogen and oxygen atoms in total. The van der Waals surface area contributed by atoms with Crippen LogP contribution in [-0.2, 0) is 10.3 Å². The summed E-state index contributed by atoms with van der Waals surface area (Å²) in [7, 11) is 0. The Bertz CT molecular complexity index is 967. The van der Waals surface area contributed by atoms with Crippen molar-refractivity contribution < 1.29 is 14.6 Å². The van der Waals surface area contributed by atoms with Crippen molar-refractivity contribution in [2.45, 2.75) is 75.6 Å². The minimum absolute atomic E-state index is 0.0585. The van der Waals surface area contributed by atoms with Crippen LogP contribution in [0.4, 0.5) is 5.95 Å². The van der Waals surface area contributed by atoms with Gasteiger partial charge in [-0.3, -0.25) is 4.79 Å². The molecule has 0 radical (unpaired) electrons. The van der Waals surface area contributed by atoms with Gasteiger partial charge in [0.25, 0.3) is 5.91 Å². The Morgan fingerprint density at radius 1 is 1.06 bits per heavy atom. The first-order valence-electron chi connectivity index (χ1n) is 12.8. The molecular formula is C27H36N4O3. The molecule has 1 atom stereocenters. The van der Waals surface area contributed by atoms with Gasteiger partial charge in [0.1, 0.15) is 0 Å². The van der Waals surface area contributed by atoms with Crippen molar-refractivity contribution in [1.29, 1.82) is 0 Å². The van der Waals surface area contributed by atoms with Crippen LogP contribution in [0.1, 0.15) is 74.2 Å². The summed E-state index contributed by atoms with van der Waals surface area (Å²) in [6.07, 6.45) is 11.2. The Labute approximate surface area is 202 Å². The lowest BCUT2D eigenvalue weighted by molar-refractivity contribution is -0.130. The van der Waals surface area contributed by atoms with Crippen molar-refractivity contribution in [2.75, 3.05) is 31.1 Å². The Hall–Kier alpha value is -2.51. The largest absolute Gasteiger partial charge is 0.385 e. The monoisotopic (exact) mass is 464 g/mol. The first kappa shape index (κ1) is 23.2. The first-order chi connectivity index (χ1) is 16.5. The van der Waals surface area contributed by atoms with E-state index in [-0.39, 0.29) is 17.6 Å². The highest BCUT2D eigenvalue weighted by atomic mass is 16.5. The van der Waals surface area contributed by atoms with E-state index in [9.17, 15) is 9.90 Å². The quantitative estimate of drug-likeness (QED) is 0.739. The Morgan fingerprint density at radius 3 is 2.38 bits per heavy atom. The number of aliphatic hydroxyl groups is 1. The summed E-state index contributed by atoms with van der Waals surface area (Å²) in [6, 6.07) is 9.49. The number of nitrogens with zero attached hydrogens (tertiary/aromatic N) is 4. The molecule has 1 amide bonds. The summed E-state index contributed by atoms with van der Waals surface area (Å²) in [5.74, 6) is 0.810. The average molecular weight is 465 g/mol. The smallest absolute Gasteiger partial charge is 0.253 e. The Kier molecular flexibility index (Phi) is 6.58. The fourth-order valence-corrected chi connectivity index (χ4v) is 5.83. The van der Waals surface area contributed by atoms with Gasteiger partial charge in [-0.25, -0.2) is 9.97 Å². The SMILES string of the molecule is CCC1CN(c2ncccn2)CC2(CCN(C(=O)c3ccc(C4(O)CCCCC4)cc3)CC2)O1. The maximum absolute atomic E-state index is 13.2. The summed E-state index contributed by atoms with van der Waals surface area (Å²) in [5.41, 5.74) is 0.614. The van der Waals surface area contributed by atoms with Gasteiger partial charge in [0.05, 0.1) is 23.9 Å². The maximum atomic E-state index is 13.2. The Balaban J connectivity index is 1.24. The van der Waals surface area contributed by atoms with Crippen LogP contribution in [0.25, 0.3) is 0 Å². The van der Waals surface area contributed by atoms with Crippen LogP contribution < -0.4 is 4.90 Å². The number of benzene rings is 1. The standard InChI is InChI=1S/C27H36N4O3/c1-2-23-19-31(25-28-15-6-16-29-25)20-26(34-23)13-17-30(18-14-26)24(32)21-7-9-22(10-8-21)27(33)11-4-3-5-12-27/h6-10,15-16,23,33H,2-5,11-14,17-20H2,1H3. The minimum Gasteiger partial charge on any atom is -0.385 e. The maximum Gasteiger partial charge on any atom is 0.253 e. The van der Waals surface area contributed by atoms with Gasteiger partial charge in [0, 0.05) is 37.6 Å². The molecule has 5 rings (SSSR count). The van der Waals surface area contributed by atoms with Crippen LogP contribution in [0.3, 0.4) is 0 Å². The molecule has 2 aliphatic heterocycles. The van der Waals surface area contributed by atoms with E-state index in [2.05, 4.69) is 21.8 Å². The molecule has 1 N–H and O–H groups in total. The second-order valence-corrected chi connectivity index (χ2v) is 10.2. The van der Waals surface area contributed by atoms with Gasteiger partial charge in [-0.15, -0.1) is 0 Å². The molecule has 1 aliphatic carbocycles. The fourth-order valence-electron chi connectivity index (χ4n) is 5.83.